The van der Waals surface area contributed by atoms with E-state index in [0.29, 0.717) is 17.9 Å². The molecule has 0 radical (unpaired) electrons. The van der Waals surface area contributed by atoms with Crippen molar-refractivity contribution in [3.63, 3.8) is 0 Å². The molecule has 1 amide bonds. The van der Waals surface area contributed by atoms with Crippen molar-refractivity contribution in [3.8, 4) is 11.5 Å². The molecule has 0 aromatic heterocycles. The maximum atomic E-state index is 12.9. The molecular weight excluding hydrogens is 338 g/mol. The molecule has 144 valence electrons. The predicted octanol–water partition coefficient (Wildman–Crippen LogP) is 4.62. The molecule has 1 saturated heterocycles. The fourth-order valence-electron chi connectivity index (χ4n) is 3.98. The summed E-state index contributed by atoms with van der Waals surface area (Å²) >= 11 is 0. The quantitative estimate of drug-likeness (QED) is 0.748. The van der Waals surface area contributed by atoms with Gasteiger partial charge in [-0.3, -0.25) is 4.79 Å². The number of hydrogen-bond acceptors (Lipinski definition) is 3. The van der Waals surface area contributed by atoms with Crippen LogP contribution < -0.4 is 9.47 Å². The Hall–Kier alpha value is -2.49. The molecule has 0 aliphatic carbocycles. The fourth-order valence-corrected chi connectivity index (χ4v) is 3.98. The first kappa shape index (κ1) is 19.3. The van der Waals surface area contributed by atoms with Gasteiger partial charge in [-0.1, -0.05) is 29.8 Å². The van der Waals surface area contributed by atoms with Crippen LogP contribution in [0.4, 0.5) is 0 Å². The summed E-state index contributed by atoms with van der Waals surface area (Å²) < 4.78 is 10.8. The molecule has 0 saturated carbocycles. The number of amides is 1. The van der Waals surface area contributed by atoms with Crippen LogP contribution >= 0.6 is 0 Å². The molecule has 27 heavy (non-hydrogen) atoms. The molecular formula is C23H29NO3. The Balaban J connectivity index is 1.71. The molecule has 1 heterocycles. The van der Waals surface area contributed by atoms with Crippen LogP contribution in [0.5, 0.6) is 11.5 Å². The molecule has 1 aliphatic rings. The number of nitrogens with zero attached hydrogens (tertiary/aromatic N) is 1. The minimum atomic E-state index is 0.122. The zero-order chi connectivity index (χ0) is 19.4. The van der Waals surface area contributed by atoms with E-state index in [-0.39, 0.29) is 11.9 Å². The molecule has 1 atom stereocenters. The maximum Gasteiger partial charge on any atom is 0.223 e. The third-order valence-corrected chi connectivity index (χ3v) is 5.47. The normalized spacial score (nSPS) is 16.4. The van der Waals surface area contributed by atoms with Gasteiger partial charge in [-0.15, -0.1) is 0 Å². The van der Waals surface area contributed by atoms with Gasteiger partial charge < -0.3 is 14.4 Å². The van der Waals surface area contributed by atoms with Crippen molar-refractivity contribution in [2.75, 3.05) is 20.8 Å². The summed E-state index contributed by atoms with van der Waals surface area (Å²) in [6, 6.07) is 12.5. The van der Waals surface area contributed by atoms with Gasteiger partial charge >= 0.3 is 0 Å². The monoisotopic (exact) mass is 367 g/mol. The number of hydrogen-bond donors (Lipinski definition) is 0. The Kier molecular flexibility index (Phi) is 6.04. The molecule has 0 unspecified atom stereocenters. The van der Waals surface area contributed by atoms with E-state index in [1.165, 1.54) is 16.7 Å². The van der Waals surface area contributed by atoms with Gasteiger partial charge in [0.15, 0.2) is 11.5 Å². The van der Waals surface area contributed by atoms with Crippen LogP contribution in [0.2, 0.25) is 0 Å². The first-order valence-electron chi connectivity index (χ1n) is 9.61. The highest BCUT2D eigenvalue weighted by atomic mass is 16.5. The molecule has 4 heteroatoms. The topological polar surface area (TPSA) is 38.8 Å². The molecule has 2 aromatic carbocycles. The second kappa shape index (κ2) is 8.47. The summed E-state index contributed by atoms with van der Waals surface area (Å²) in [5.41, 5.74) is 4.90. The van der Waals surface area contributed by atoms with Crippen LogP contribution in [-0.2, 0) is 11.2 Å². The van der Waals surface area contributed by atoms with Crippen LogP contribution in [-0.4, -0.2) is 31.6 Å². The summed E-state index contributed by atoms with van der Waals surface area (Å²) in [6.45, 7) is 5.04. The number of ether oxygens (including phenoxy) is 2. The van der Waals surface area contributed by atoms with Crippen molar-refractivity contribution < 1.29 is 14.3 Å². The highest BCUT2D eigenvalue weighted by molar-refractivity contribution is 5.77. The van der Waals surface area contributed by atoms with Gasteiger partial charge in [0.1, 0.15) is 0 Å². The van der Waals surface area contributed by atoms with Crippen molar-refractivity contribution in [3.05, 3.63) is 58.7 Å². The van der Waals surface area contributed by atoms with Gasteiger partial charge in [-0.2, -0.15) is 0 Å². The average molecular weight is 367 g/mol. The highest BCUT2D eigenvalue weighted by Crippen LogP contribution is 2.37. The van der Waals surface area contributed by atoms with E-state index < -0.39 is 0 Å². The number of carbonyl (C=O) groups is 1. The van der Waals surface area contributed by atoms with E-state index in [0.717, 1.165) is 31.4 Å². The first-order chi connectivity index (χ1) is 13.0. The number of carbonyl (C=O) groups excluding carboxylic acids is 1. The third-order valence-electron chi connectivity index (χ3n) is 5.47. The standard InChI is InChI=1S/C23H29NO3/c1-16-7-8-18(17(2)14-16)10-12-23(25)24-13-5-6-20(24)19-9-11-21(26-3)22(15-19)27-4/h7-9,11,14-15,20H,5-6,10,12-13H2,1-4H3/t20-/m0/s1. The Bertz CT molecular complexity index is 815. The molecule has 1 aliphatic heterocycles. The molecule has 3 rings (SSSR count). The lowest BCUT2D eigenvalue weighted by atomic mass is 10.0. The van der Waals surface area contributed by atoms with E-state index >= 15 is 0 Å². The number of benzene rings is 2. The van der Waals surface area contributed by atoms with Gasteiger partial charge in [0.05, 0.1) is 20.3 Å². The van der Waals surface area contributed by atoms with E-state index in [9.17, 15) is 4.79 Å². The van der Waals surface area contributed by atoms with Gasteiger partial charge in [-0.25, -0.2) is 0 Å². The van der Waals surface area contributed by atoms with Crippen molar-refractivity contribution in [1.82, 2.24) is 4.90 Å². The van der Waals surface area contributed by atoms with E-state index in [4.69, 9.17) is 9.47 Å². The Labute approximate surface area is 162 Å². The van der Waals surface area contributed by atoms with Crippen LogP contribution in [0.25, 0.3) is 0 Å². The average Bonchev–Trinajstić information content (AvgIpc) is 3.16. The molecule has 4 nitrogen and oxygen atoms in total. The molecule has 2 aromatic rings. The largest absolute Gasteiger partial charge is 0.493 e. The fraction of sp³-hybridized carbons (Fsp3) is 0.435. The third kappa shape index (κ3) is 4.26. The Morgan fingerprint density at radius 3 is 2.56 bits per heavy atom. The molecule has 0 bridgehead atoms. The van der Waals surface area contributed by atoms with Crippen molar-refractivity contribution in [1.29, 1.82) is 0 Å². The molecule has 1 fully saturated rings. The van der Waals surface area contributed by atoms with Gasteiger partial charge in [-0.05, 0) is 61.9 Å². The second-order valence-corrected chi connectivity index (χ2v) is 7.29. The smallest absolute Gasteiger partial charge is 0.223 e. The van der Waals surface area contributed by atoms with Crippen molar-refractivity contribution >= 4 is 5.91 Å². The number of rotatable bonds is 6. The number of likely N-dealkylation sites (tertiary alicyclic amines) is 1. The minimum Gasteiger partial charge on any atom is -0.493 e. The highest BCUT2D eigenvalue weighted by Gasteiger charge is 2.30. The zero-order valence-electron chi connectivity index (χ0n) is 16.7. The van der Waals surface area contributed by atoms with Crippen LogP contribution in [0.15, 0.2) is 36.4 Å². The van der Waals surface area contributed by atoms with Crippen LogP contribution in [0.1, 0.15) is 47.6 Å². The lowest BCUT2D eigenvalue weighted by Crippen LogP contribution is -2.30. The van der Waals surface area contributed by atoms with E-state index in [1.807, 2.05) is 23.1 Å². The summed E-state index contributed by atoms with van der Waals surface area (Å²) in [6.07, 6.45) is 3.37. The van der Waals surface area contributed by atoms with Gasteiger partial charge in [0.2, 0.25) is 5.91 Å². The van der Waals surface area contributed by atoms with Crippen LogP contribution in [0.3, 0.4) is 0 Å². The van der Waals surface area contributed by atoms with Gasteiger partial charge in [0, 0.05) is 13.0 Å². The summed E-state index contributed by atoms with van der Waals surface area (Å²) in [4.78, 5) is 15.0. The van der Waals surface area contributed by atoms with Crippen molar-refractivity contribution in [2.45, 2.75) is 45.6 Å². The predicted molar refractivity (Wildman–Crippen MR) is 107 cm³/mol. The first-order valence-corrected chi connectivity index (χ1v) is 9.61. The van der Waals surface area contributed by atoms with Gasteiger partial charge in [0.25, 0.3) is 0 Å². The Morgan fingerprint density at radius 1 is 1.07 bits per heavy atom. The summed E-state index contributed by atoms with van der Waals surface area (Å²) in [7, 11) is 3.28. The lowest BCUT2D eigenvalue weighted by molar-refractivity contribution is -0.132. The second-order valence-electron chi connectivity index (χ2n) is 7.29. The minimum absolute atomic E-state index is 0.122. The van der Waals surface area contributed by atoms with Crippen LogP contribution in [0, 0.1) is 13.8 Å². The SMILES string of the molecule is COc1ccc([C@@H]2CCCN2C(=O)CCc2ccc(C)cc2C)cc1OC. The van der Waals surface area contributed by atoms with Crippen molar-refractivity contribution in [2.24, 2.45) is 0 Å². The summed E-state index contributed by atoms with van der Waals surface area (Å²) in [5.74, 6) is 1.66. The van der Waals surface area contributed by atoms with E-state index in [2.05, 4.69) is 32.0 Å². The Morgan fingerprint density at radius 2 is 1.85 bits per heavy atom. The summed E-state index contributed by atoms with van der Waals surface area (Å²) in [5, 5.41) is 0. The number of aryl methyl sites for hydroxylation is 3. The zero-order valence-corrected chi connectivity index (χ0v) is 16.7. The molecule has 0 spiro atoms. The maximum absolute atomic E-state index is 12.9. The van der Waals surface area contributed by atoms with E-state index in [1.54, 1.807) is 14.2 Å². The number of methoxy groups -OCH3 is 2. The molecule has 0 N–H and O–H groups in total. The lowest BCUT2D eigenvalue weighted by Gasteiger charge is -2.26.